The van der Waals surface area contributed by atoms with E-state index in [0.29, 0.717) is 32.1 Å². The molecule has 1 aliphatic heterocycles. The zero-order chi connectivity index (χ0) is 19.4. The standard InChI is InChI=1S/C19H25N5O3/c1-13-6-4-5-7-17(13)24-18(10-14(2)22-24)21-19(26)20-11-16-12-23(15(3)25)8-9-27-16/h4-7,10,16H,8-9,11-12H2,1-3H3,(H2,20,21,26). The normalized spacial score (nSPS) is 16.9. The van der Waals surface area contributed by atoms with Crippen molar-refractivity contribution >= 4 is 17.8 Å². The molecule has 0 spiro atoms. The van der Waals surface area contributed by atoms with Crippen LogP contribution in [0.4, 0.5) is 10.6 Å². The largest absolute Gasteiger partial charge is 0.373 e. The molecule has 1 saturated heterocycles. The fourth-order valence-corrected chi connectivity index (χ4v) is 3.07. The molecule has 2 aromatic rings. The fourth-order valence-electron chi connectivity index (χ4n) is 3.07. The minimum Gasteiger partial charge on any atom is -0.373 e. The van der Waals surface area contributed by atoms with E-state index < -0.39 is 0 Å². The molecule has 144 valence electrons. The van der Waals surface area contributed by atoms with Gasteiger partial charge in [0.05, 0.1) is 24.1 Å². The number of nitrogens with zero attached hydrogens (tertiary/aromatic N) is 3. The van der Waals surface area contributed by atoms with Gasteiger partial charge in [0, 0.05) is 32.6 Å². The van der Waals surface area contributed by atoms with Crippen molar-refractivity contribution in [1.29, 1.82) is 0 Å². The Kier molecular flexibility index (Phi) is 5.75. The molecule has 1 aromatic heterocycles. The van der Waals surface area contributed by atoms with Gasteiger partial charge in [-0.2, -0.15) is 5.10 Å². The van der Waals surface area contributed by atoms with Gasteiger partial charge in [-0.15, -0.1) is 0 Å². The maximum Gasteiger partial charge on any atom is 0.320 e. The number of hydrogen-bond donors (Lipinski definition) is 2. The second-order valence-electron chi connectivity index (χ2n) is 6.66. The number of urea groups is 1. The van der Waals surface area contributed by atoms with E-state index in [1.165, 1.54) is 6.92 Å². The number of carbonyl (C=O) groups is 2. The number of hydrogen-bond acceptors (Lipinski definition) is 4. The first kappa shape index (κ1) is 18.9. The summed E-state index contributed by atoms with van der Waals surface area (Å²) in [5.41, 5.74) is 2.78. The number of benzene rings is 1. The van der Waals surface area contributed by atoms with Crippen LogP contribution in [0.5, 0.6) is 0 Å². The minimum atomic E-state index is -0.340. The van der Waals surface area contributed by atoms with E-state index in [1.54, 1.807) is 9.58 Å². The lowest BCUT2D eigenvalue weighted by molar-refractivity contribution is -0.136. The van der Waals surface area contributed by atoms with Gasteiger partial charge in [0.25, 0.3) is 0 Å². The number of nitrogens with one attached hydrogen (secondary N) is 2. The summed E-state index contributed by atoms with van der Waals surface area (Å²) in [5, 5.41) is 10.1. The molecule has 1 aliphatic rings. The lowest BCUT2D eigenvalue weighted by atomic mass is 10.2. The predicted molar refractivity (Wildman–Crippen MR) is 102 cm³/mol. The molecule has 1 atom stereocenters. The molecule has 3 amide bonds. The van der Waals surface area contributed by atoms with Crippen LogP contribution in [0.25, 0.3) is 5.69 Å². The molecule has 1 fully saturated rings. The monoisotopic (exact) mass is 371 g/mol. The molecule has 0 radical (unpaired) electrons. The quantitative estimate of drug-likeness (QED) is 0.859. The Balaban J connectivity index is 1.62. The molecule has 0 aliphatic carbocycles. The summed E-state index contributed by atoms with van der Waals surface area (Å²) < 4.78 is 7.34. The number of aryl methyl sites for hydroxylation is 2. The van der Waals surface area contributed by atoms with Crippen LogP contribution in [0.2, 0.25) is 0 Å². The molecule has 2 N–H and O–H groups in total. The van der Waals surface area contributed by atoms with Crippen LogP contribution in [-0.4, -0.2) is 59.0 Å². The number of ether oxygens (including phenoxy) is 1. The highest BCUT2D eigenvalue weighted by atomic mass is 16.5. The average molecular weight is 371 g/mol. The number of para-hydroxylation sites is 1. The molecule has 1 unspecified atom stereocenters. The SMILES string of the molecule is CC(=O)N1CCOC(CNC(=O)Nc2cc(C)nn2-c2ccccc2C)C1. The van der Waals surface area contributed by atoms with E-state index in [-0.39, 0.29) is 18.0 Å². The lowest BCUT2D eigenvalue weighted by Gasteiger charge is -2.32. The van der Waals surface area contributed by atoms with E-state index in [4.69, 9.17) is 4.74 Å². The topological polar surface area (TPSA) is 88.5 Å². The van der Waals surface area contributed by atoms with Crippen molar-refractivity contribution < 1.29 is 14.3 Å². The van der Waals surface area contributed by atoms with Crippen molar-refractivity contribution in [1.82, 2.24) is 20.0 Å². The van der Waals surface area contributed by atoms with E-state index in [0.717, 1.165) is 16.9 Å². The summed E-state index contributed by atoms with van der Waals surface area (Å²) in [5.74, 6) is 0.611. The van der Waals surface area contributed by atoms with Crippen LogP contribution in [-0.2, 0) is 9.53 Å². The molecule has 0 bridgehead atoms. The summed E-state index contributed by atoms with van der Waals surface area (Å²) in [6.07, 6.45) is -0.212. The van der Waals surface area contributed by atoms with Crippen molar-refractivity contribution in [3.8, 4) is 5.69 Å². The Morgan fingerprint density at radius 3 is 2.81 bits per heavy atom. The molecular weight excluding hydrogens is 346 g/mol. The molecule has 2 heterocycles. The Hall–Kier alpha value is -2.87. The van der Waals surface area contributed by atoms with E-state index in [1.807, 2.05) is 44.2 Å². The third kappa shape index (κ3) is 4.65. The Labute approximate surface area is 158 Å². The number of carbonyl (C=O) groups excluding carboxylic acids is 2. The van der Waals surface area contributed by atoms with Gasteiger partial charge in [-0.05, 0) is 25.5 Å². The predicted octanol–water partition coefficient (Wildman–Crippen LogP) is 1.86. The summed E-state index contributed by atoms with van der Waals surface area (Å²) >= 11 is 0. The van der Waals surface area contributed by atoms with Gasteiger partial charge >= 0.3 is 6.03 Å². The maximum atomic E-state index is 12.3. The number of aromatic nitrogens is 2. The Morgan fingerprint density at radius 1 is 1.30 bits per heavy atom. The minimum absolute atomic E-state index is 0.0189. The van der Waals surface area contributed by atoms with Gasteiger partial charge in [0.2, 0.25) is 5.91 Å². The zero-order valence-electron chi connectivity index (χ0n) is 15.9. The van der Waals surface area contributed by atoms with E-state index in [9.17, 15) is 9.59 Å². The van der Waals surface area contributed by atoms with Crippen LogP contribution in [0.15, 0.2) is 30.3 Å². The summed E-state index contributed by atoms with van der Waals surface area (Å²) in [6.45, 7) is 7.29. The third-order valence-electron chi connectivity index (χ3n) is 4.49. The van der Waals surface area contributed by atoms with Crippen molar-refractivity contribution in [2.45, 2.75) is 26.9 Å². The summed E-state index contributed by atoms with van der Waals surface area (Å²) in [4.78, 5) is 25.6. The van der Waals surface area contributed by atoms with Crippen LogP contribution in [0.3, 0.4) is 0 Å². The van der Waals surface area contributed by atoms with Crippen LogP contribution in [0, 0.1) is 13.8 Å². The van der Waals surface area contributed by atoms with Gasteiger partial charge < -0.3 is 15.0 Å². The second kappa shape index (κ2) is 8.22. The average Bonchev–Trinajstić information content (AvgIpc) is 3.00. The van der Waals surface area contributed by atoms with Crippen molar-refractivity contribution in [2.24, 2.45) is 0 Å². The smallest absolute Gasteiger partial charge is 0.320 e. The molecular formula is C19H25N5O3. The lowest BCUT2D eigenvalue weighted by Crippen LogP contribution is -2.49. The number of morpholine rings is 1. The first-order valence-corrected chi connectivity index (χ1v) is 8.98. The van der Waals surface area contributed by atoms with Gasteiger partial charge in [-0.3, -0.25) is 10.1 Å². The Morgan fingerprint density at radius 2 is 2.07 bits per heavy atom. The Bertz CT molecular complexity index is 833. The fraction of sp³-hybridized carbons (Fsp3) is 0.421. The molecule has 0 saturated carbocycles. The van der Waals surface area contributed by atoms with Crippen molar-refractivity contribution in [3.05, 3.63) is 41.6 Å². The maximum absolute atomic E-state index is 12.3. The highest BCUT2D eigenvalue weighted by Gasteiger charge is 2.22. The molecule has 8 heteroatoms. The summed E-state index contributed by atoms with van der Waals surface area (Å²) in [6, 6.07) is 9.33. The number of rotatable bonds is 4. The number of anilines is 1. The van der Waals surface area contributed by atoms with Crippen LogP contribution < -0.4 is 10.6 Å². The van der Waals surface area contributed by atoms with Gasteiger partial charge in [0.15, 0.2) is 0 Å². The first-order valence-electron chi connectivity index (χ1n) is 8.98. The second-order valence-corrected chi connectivity index (χ2v) is 6.66. The van der Waals surface area contributed by atoms with Crippen LogP contribution in [0.1, 0.15) is 18.2 Å². The highest BCUT2D eigenvalue weighted by molar-refractivity contribution is 5.88. The molecule has 8 nitrogen and oxygen atoms in total. The molecule has 3 rings (SSSR count). The van der Waals surface area contributed by atoms with E-state index in [2.05, 4.69) is 15.7 Å². The van der Waals surface area contributed by atoms with Gasteiger partial charge in [0.1, 0.15) is 5.82 Å². The van der Waals surface area contributed by atoms with Crippen molar-refractivity contribution in [2.75, 3.05) is 31.6 Å². The van der Waals surface area contributed by atoms with Gasteiger partial charge in [-0.25, -0.2) is 9.48 Å². The highest BCUT2D eigenvalue weighted by Crippen LogP contribution is 2.20. The zero-order valence-corrected chi connectivity index (χ0v) is 15.9. The van der Waals surface area contributed by atoms with E-state index >= 15 is 0 Å². The summed E-state index contributed by atoms with van der Waals surface area (Å²) in [7, 11) is 0. The van der Waals surface area contributed by atoms with Crippen molar-refractivity contribution in [3.63, 3.8) is 0 Å². The molecule has 27 heavy (non-hydrogen) atoms. The first-order chi connectivity index (χ1) is 12.9. The molecule has 1 aromatic carbocycles. The van der Waals surface area contributed by atoms with Crippen LogP contribution >= 0.6 is 0 Å². The number of amides is 3. The third-order valence-corrected chi connectivity index (χ3v) is 4.49. The van der Waals surface area contributed by atoms with Gasteiger partial charge in [-0.1, -0.05) is 18.2 Å².